The average molecular weight is 314 g/mol. The lowest BCUT2D eigenvalue weighted by atomic mass is 9.70. The molecule has 1 aromatic carbocycles. The summed E-state index contributed by atoms with van der Waals surface area (Å²) in [6.45, 7) is 3.90. The summed E-state index contributed by atoms with van der Waals surface area (Å²) in [5.74, 6) is 0.612. The number of carbonyl (C=O) groups is 1. The summed E-state index contributed by atoms with van der Waals surface area (Å²) in [5.41, 5.74) is -0.355. The maximum absolute atomic E-state index is 14.0. The summed E-state index contributed by atoms with van der Waals surface area (Å²) in [6.07, 6.45) is 2.62. The highest BCUT2D eigenvalue weighted by Crippen LogP contribution is 2.44. The SMILES string of the molecule is CCCC1(F)CC(COc2cc(NC(C)=O)ccc2Cl)C1. The van der Waals surface area contributed by atoms with Crippen molar-refractivity contribution in [1.29, 1.82) is 0 Å². The van der Waals surface area contributed by atoms with Gasteiger partial charge in [0.15, 0.2) is 0 Å². The van der Waals surface area contributed by atoms with Crippen LogP contribution < -0.4 is 10.1 Å². The molecule has 0 aromatic heterocycles. The standard InChI is InChI=1S/C16H21ClFNO2/c1-3-6-16(18)8-12(9-16)10-21-15-7-13(19-11(2)20)4-5-14(15)17/h4-5,7,12H,3,6,8-10H2,1-2H3,(H,19,20). The molecule has 0 aliphatic heterocycles. The number of rotatable bonds is 6. The molecule has 0 atom stereocenters. The largest absolute Gasteiger partial charge is 0.492 e. The van der Waals surface area contributed by atoms with Crippen LogP contribution in [0.3, 0.4) is 0 Å². The Kier molecular flexibility index (Phi) is 5.09. The van der Waals surface area contributed by atoms with Gasteiger partial charge < -0.3 is 10.1 Å². The first-order valence-electron chi connectivity index (χ1n) is 7.31. The molecule has 1 aromatic rings. The Labute approximate surface area is 129 Å². The Morgan fingerprint density at radius 2 is 2.24 bits per heavy atom. The van der Waals surface area contributed by atoms with E-state index < -0.39 is 5.67 Å². The van der Waals surface area contributed by atoms with E-state index in [2.05, 4.69) is 5.32 Å². The minimum absolute atomic E-state index is 0.149. The van der Waals surface area contributed by atoms with Gasteiger partial charge in [0.2, 0.25) is 5.91 Å². The minimum Gasteiger partial charge on any atom is -0.492 e. The third kappa shape index (κ3) is 4.34. The van der Waals surface area contributed by atoms with Crippen molar-refractivity contribution in [1.82, 2.24) is 0 Å². The van der Waals surface area contributed by atoms with Crippen molar-refractivity contribution in [2.24, 2.45) is 5.92 Å². The zero-order valence-corrected chi connectivity index (χ0v) is 13.2. The highest BCUT2D eigenvalue weighted by Gasteiger charge is 2.44. The van der Waals surface area contributed by atoms with Gasteiger partial charge in [-0.1, -0.05) is 24.9 Å². The molecule has 0 unspecified atom stereocenters. The van der Waals surface area contributed by atoms with Crippen molar-refractivity contribution >= 4 is 23.2 Å². The summed E-state index contributed by atoms with van der Waals surface area (Å²) in [6, 6.07) is 5.09. The zero-order valence-electron chi connectivity index (χ0n) is 12.4. The molecule has 0 bridgehead atoms. The van der Waals surface area contributed by atoms with E-state index in [1.165, 1.54) is 6.92 Å². The molecule has 0 spiro atoms. The van der Waals surface area contributed by atoms with E-state index in [1.54, 1.807) is 18.2 Å². The lowest BCUT2D eigenvalue weighted by Crippen LogP contribution is -2.42. The molecule has 5 heteroatoms. The van der Waals surface area contributed by atoms with Gasteiger partial charge >= 0.3 is 0 Å². The third-order valence-corrected chi connectivity index (χ3v) is 4.05. The van der Waals surface area contributed by atoms with Crippen molar-refractivity contribution < 1.29 is 13.9 Å². The van der Waals surface area contributed by atoms with E-state index in [9.17, 15) is 9.18 Å². The van der Waals surface area contributed by atoms with Crippen LogP contribution in [0.15, 0.2) is 18.2 Å². The molecule has 1 aliphatic rings. The Balaban J connectivity index is 1.87. The predicted molar refractivity (Wildman–Crippen MR) is 82.7 cm³/mol. The summed E-state index contributed by atoms with van der Waals surface area (Å²) < 4.78 is 19.7. The highest BCUT2D eigenvalue weighted by atomic mass is 35.5. The number of halogens is 2. The first kappa shape index (κ1) is 16.1. The number of hydrogen-bond acceptors (Lipinski definition) is 2. The molecule has 3 nitrogen and oxygen atoms in total. The van der Waals surface area contributed by atoms with Gasteiger partial charge in [-0.05, 0) is 37.3 Å². The number of anilines is 1. The van der Waals surface area contributed by atoms with Crippen LogP contribution in [0.5, 0.6) is 5.75 Å². The smallest absolute Gasteiger partial charge is 0.221 e. The van der Waals surface area contributed by atoms with Gasteiger partial charge in [0, 0.05) is 18.7 Å². The van der Waals surface area contributed by atoms with E-state index in [4.69, 9.17) is 16.3 Å². The van der Waals surface area contributed by atoms with Gasteiger partial charge in [-0.3, -0.25) is 4.79 Å². The number of benzene rings is 1. The number of amides is 1. The quantitative estimate of drug-likeness (QED) is 0.833. The molecule has 0 saturated heterocycles. The van der Waals surface area contributed by atoms with Crippen LogP contribution in [0.4, 0.5) is 10.1 Å². The molecule has 1 fully saturated rings. The van der Waals surface area contributed by atoms with Crippen molar-refractivity contribution in [2.45, 2.75) is 45.2 Å². The Bertz CT molecular complexity index is 515. The molecule has 1 aliphatic carbocycles. The highest BCUT2D eigenvalue weighted by molar-refractivity contribution is 6.32. The number of ether oxygens (including phenoxy) is 1. The molecular weight excluding hydrogens is 293 g/mol. The Morgan fingerprint density at radius 3 is 2.86 bits per heavy atom. The lowest BCUT2D eigenvalue weighted by molar-refractivity contribution is -0.114. The van der Waals surface area contributed by atoms with Crippen molar-refractivity contribution in [3.63, 3.8) is 0 Å². The fraction of sp³-hybridized carbons (Fsp3) is 0.562. The molecule has 0 heterocycles. The van der Waals surface area contributed by atoms with Crippen LogP contribution >= 0.6 is 11.6 Å². The van der Waals surface area contributed by atoms with Gasteiger partial charge in [-0.25, -0.2) is 4.39 Å². The zero-order chi connectivity index (χ0) is 15.5. The predicted octanol–water partition coefficient (Wildman–Crippen LogP) is 4.60. The maximum Gasteiger partial charge on any atom is 0.221 e. The molecule has 1 saturated carbocycles. The summed E-state index contributed by atoms with van der Waals surface area (Å²) in [7, 11) is 0. The summed E-state index contributed by atoms with van der Waals surface area (Å²) in [4.78, 5) is 11.0. The second kappa shape index (κ2) is 6.65. The van der Waals surface area contributed by atoms with Crippen molar-refractivity contribution in [3.8, 4) is 5.75 Å². The second-order valence-corrected chi connectivity index (χ2v) is 6.22. The number of hydrogen-bond donors (Lipinski definition) is 1. The van der Waals surface area contributed by atoms with E-state index in [0.717, 1.165) is 6.42 Å². The monoisotopic (exact) mass is 313 g/mol. The van der Waals surface area contributed by atoms with Crippen LogP contribution in [-0.4, -0.2) is 18.2 Å². The Morgan fingerprint density at radius 1 is 1.52 bits per heavy atom. The molecule has 21 heavy (non-hydrogen) atoms. The van der Waals surface area contributed by atoms with Crippen LogP contribution in [0.1, 0.15) is 39.5 Å². The Hall–Kier alpha value is -1.29. The van der Waals surface area contributed by atoms with E-state index in [0.29, 0.717) is 42.3 Å². The molecule has 0 radical (unpaired) electrons. The van der Waals surface area contributed by atoms with Gasteiger partial charge in [-0.15, -0.1) is 0 Å². The fourth-order valence-corrected chi connectivity index (χ4v) is 3.02. The van der Waals surface area contributed by atoms with Crippen LogP contribution in [-0.2, 0) is 4.79 Å². The number of alkyl halides is 1. The van der Waals surface area contributed by atoms with Gasteiger partial charge in [-0.2, -0.15) is 0 Å². The third-order valence-electron chi connectivity index (χ3n) is 3.73. The van der Waals surface area contributed by atoms with Crippen LogP contribution in [0.25, 0.3) is 0 Å². The normalized spacial score (nSPS) is 24.3. The average Bonchev–Trinajstić information content (AvgIpc) is 2.36. The number of nitrogens with one attached hydrogen (secondary N) is 1. The molecule has 116 valence electrons. The number of carbonyl (C=O) groups excluding carboxylic acids is 1. The molecule has 1 N–H and O–H groups in total. The second-order valence-electron chi connectivity index (χ2n) is 5.81. The summed E-state index contributed by atoms with van der Waals surface area (Å²) >= 11 is 6.07. The van der Waals surface area contributed by atoms with Gasteiger partial charge in [0.05, 0.1) is 11.6 Å². The first-order chi connectivity index (χ1) is 9.92. The van der Waals surface area contributed by atoms with E-state index >= 15 is 0 Å². The lowest BCUT2D eigenvalue weighted by Gasteiger charge is -2.41. The van der Waals surface area contributed by atoms with Crippen LogP contribution in [0.2, 0.25) is 5.02 Å². The topological polar surface area (TPSA) is 38.3 Å². The van der Waals surface area contributed by atoms with E-state index in [-0.39, 0.29) is 11.8 Å². The van der Waals surface area contributed by atoms with Gasteiger partial charge in [0.25, 0.3) is 0 Å². The van der Waals surface area contributed by atoms with E-state index in [1.807, 2.05) is 6.92 Å². The summed E-state index contributed by atoms with van der Waals surface area (Å²) in [5, 5.41) is 3.17. The first-order valence-corrected chi connectivity index (χ1v) is 7.68. The van der Waals surface area contributed by atoms with Gasteiger partial charge in [0.1, 0.15) is 11.4 Å². The molecular formula is C16H21ClFNO2. The fourth-order valence-electron chi connectivity index (χ4n) is 2.85. The van der Waals surface area contributed by atoms with Crippen molar-refractivity contribution in [2.75, 3.05) is 11.9 Å². The molecule has 2 rings (SSSR count). The van der Waals surface area contributed by atoms with Crippen molar-refractivity contribution in [3.05, 3.63) is 23.2 Å². The molecule has 1 amide bonds. The van der Waals surface area contributed by atoms with Crippen LogP contribution in [0, 0.1) is 5.92 Å². The maximum atomic E-state index is 14.0. The minimum atomic E-state index is -0.995.